The number of hydrogen-bond acceptors (Lipinski definition) is 6. The van der Waals surface area contributed by atoms with Crippen LogP contribution in [0.25, 0.3) is 0 Å². The van der Waals surface area contributed by atoms with Gasteiger partial charge in [0.05, 0.1) is 9.79 Å². The normalized spacial score (nSPS) is 17.2. The molecule has 0 aliphatic carbocycles. The number of hydrogen-bond donors (Lipinski definition) is 3. The molecule has 11 heteroatoms. The lowest BCUT2D eigenvalue weighted by Crippen LogP contribution is -2.38. The minimum Gasteiger partial charge on any atom is -0.350 e. The van der Waals surface area contributed by atoms with Gasteiger partial charge in [0.1, 0.15) is 11.9 Å². The van der Waals surface area contributed by atoms with Gasteiger partial charge < -0.3 is 5.32 Å². The molecular formula is C20H24N4O5S2. The highest BCUT2D eigenvalue weighted by Crippen LogP contribution is 2.23. The average Bonchev–Trinajstić information content (AvgIpc) is 3.00. The molecule has 0 saturated heterocycles. The van der Waals surface area contributed by atoms with E-state index in [1.165, 1.54) is 25.2 Å². The number of rotatable bonds is 7. The number of nitrogens with one attached hydrogen (secondary N) is 3. The van der Waals surface area contributed by atoms with Gasteiger partial charge in [-0.25, -0.2) is 21.6 Å². The third kappa shape index (κ3) is 4.94. The number of fused-ring (bicyclic) bond motifs is 1. The number of amides is 1. The van der Waals surface area contributed by atoms with Crippen LogP contribution in [0.5, 0.6) is 0 Å². The fourth-order valence-corrected chi connectivity index (χ4v) is 5.15. The molecule has 2 aromatic carbocycles. The summed E-state index contributed by atoms with van der Waals surface area (Å²) in [4.78, 5) is 17.5. The van der Waals surface area contributed by atoms with Gasteiger partial charge >= 0.3 is 0 Å². The highest BCUT2D eigenvalue weighted by Gasteiger charge is 2.32. The van der Waals surface area contributed by atoms with Crippen molar-refractivity contribution in [3.8, 4) is 0 Å². The monoisotopic (exact) mass is 464 g/mol. The molecule has 166 valence electrons. The Balaban J connectivity index is 1.80. The molecule has 9 nitrogen and oxygen atoms in total. The number of sulfonamides is 2. The van der Waals surface area contributed by atoms with E-state index in [9.17, 15) is 21.6 Å². The van der Waals surface area contributed by atoms with Crippen molar-refractivity contribution < 1.29 is 21.6 Å². The Morgan fingerprint density at radius 3 is 2.52 bits per heavy atom. The van der Waals surface area contributed by atoms with Crippen LogP contribution in [0, 0.1) is 5.92 Å². The second kappa shape index (κ2) is 8.77. The maximum atomic E-state index is 12.8. The molecule has 1 atom stereocenters. The largest absolute Gasteiger partial charge is 0.350 e. The standard InChI is InChI=1S/C20H24N4O5S2/c1-13(2)18(23-19-16-9-4-5-10-17(16)31(28,29)24-19)20(25)22-12-14-7-6-8-15(11-14)30(26,27)21-3/h4-11,13,18,21H,12H2,1-3H3,(H,22,25)(H,23,24)/t18-/m0/s1. The topological polar surface area (TPSA) is 134 Å². The SMILES string of the molecule is CNS(=O)(=O)c1cccc(CNC(=O)[C@@H](N=C2NS(=O)(=O)c3ccccc32)C(C)C)c1. The summed E-state index contributed by atoms with van der Waals surface area (Å²) in [5.41, 5.74) is 1.03. The van der Waals surface area contributed by atoms with Gasteiger partial charge in [0, 0.05) is 12.1 Å². The van der Waals surface area contributed by atoms with E-state index in [4.69, 9.17) is 0 Å². The molecule has 2 aromatic rings. The van der Waals surface area contributed by atoms with Crippen molar-refractivity contribution in [1.29, 1.82) is 0 Å². The Kier molecular flexibility index (Phi) is 6.48. The molecule has 0 aromatic heterocycles. The van der Waals surface area contributed by atoms with Crippen LogP contribution in [0.15, 0.2) is 63.3 Å². The summed E-state index contributed by atoms with van der Waals surface area (Å²) < 4.78 is 53.2. The van der Waals surface area contributed by atoms with E-state index < -0.39 is 32.0 Å². The maximum Gasteiger partial charge on any atom is 0.263 e. The van der Waals surface area contributed by atoms with E-state index in [0.29, 0.717) is 11.1 Å². The van der Waals surface area contributed by atoms with E-state index in [1.54, 1.807) is 30.3 Å². The van der Waals surface area contributed by atoms with Gasteiger partial charge in [0.2, 0.25) is 15.9 Å². The van der Waals surface area contributed by atoms with Crippen LogP contribution in [0.4, 0.5) is 0 Å². The van der Waals surface area contributed by atoms with Gasteiger partial charge in [-0.3, -0.25) is 14.5 Å². The Labute approximate surface area is 182 Å². The van der Waals surface area contributed by atoms with E-state index in [0.717, 1.165) is 0 Å². The Morgan fingerprint density at radius 1 is 1.13 bits per heavy atom. The summed E-state index contributed by atoms with van der Waals surface area (Å²) in [6.45, 7) is 3.72. The quantitative estimate of drug-likeness (QED) is 0.562. The highest BCUT2D eigenvalue weighted by atomic mass is 32.2. The van der Waals surface area contributed by atoms with Crippen molar-refractivity contribution >= 4 is 31.8 Å². The number of nitrogens with zero attached hydrogens (tertiary/aromatic N) is 1. The van der Waals surface area contributed by atoms with Gasteiger partial charge in [-0.15, -0.1) is 0 Å². The lowest BCUT2D eigenvalue weighted by Gasteiger charge is -2.17. The van der Waals surface area contributed by atoms with Crippen molar-refractivity contribution in [2.75, 3.05) is 7.05 Å². The van der Waals surface area contributed by atoms with Crippen molar-refractivity contribution in [1.82, 2.24) is 14.8 Å². The minimum absolute atomic E-state index is 0.0966. The number of carbonyl (C=O) groups is 1. The van der Waals surface area contributed by atoms with Crippen LogP contribution >= 0.6 is 0 Å². The summed E-state index contributed by atoms with van der Waals surface area (Å²) in [5.74, 6) is -0.472. The smallest absolute Gasteiger partial charge is 0.263 e. The third-order valence-corrected chi connectivity index (χ3v) is 7.58. The molecule has 1 amide bonds. The zero-order chi connectivity index (χ0) is 22.8. The molecular weight excluding hydrogens is 440 g/mol. The van der Waals surface area contributed by atoms with E-state index >= 15 is 0 Å². The van der Waals surface area contributed by atoms with Gasteiger partial charge in [-0.05, 0) is 42.8 Å². The average molecular weight is 465 g/mol. The first-order chi connectivity index (χ1) is 14.5. The molecule has 0 spiro atoms. The van der Waals surface area contributed by atoms with Gasteiger partial charge in [-0.2, -0.15) is 0 Å². The van der Waals surface area contributed by atoms with Crippen molar-refractivity contribution in [2.45, 2.75) is 36.2 Å². The third-order valence-electron chi connectivity index (χ3n) is 4.78. The first-order valence-electron chi connectivity index (χ1n) is 9.55. The molecule has 3 rings (SSSR count). The summed E-state index contributed by atoms with van der Waals surface area (Å²) >= 11 is 0. The summed E-state index contributed by atoms with van der Waals surface area (Å²) in [6, 6.07) is 11.8. The van der Waals surface area contributed by atoms with E-state index in [1.807, 2.05) is 13.8 Å². The summed E-state index contributed by atoms with van der Waals surface area (Å²) in [7, 11) is -5.97. The van der Waals surface area contributed by atoms with Gasteiger partial charge in [0.25, 0.3) is 10.0 Å². The maximum absolute atomic E-state index is 12.8. The lowest BCUT2D eigenvalue weighted by molar-refractivity contribution is -0.123. The number of benzene rings is 2. The molecule has 3 N–H and O–H groups in total. The zero-order valence-corrected chi connectivity index (χ0v) is 18.9. The molecule has 0 bridgehead atoms. The number of amidine groups is 1. The number of aliphatic imine (C=N–C) groups is 1. The second-order valence-electron chi connectivity index (χ2n) is 7.34. The van der Waals surface area contributed by atoms with Crippen molar-refractivity contribution in [2.24, 2.45) is 10.9 Å². The number of carbonyl (C=O) groups excluding carboxylic acids is 1. The van der Waals surface area contributed by atoms with Crippen LogP contribution < -0.4 is 14.8 Å². The van der Waals surface area contributed by atoms with Crippen molar-refractivity contribution in [3.05, 3.63) is 59.7 Å². The molecule has 1 aliphatic heterocycles. The van der Waals surface area contributed by atoms with Crippen LogP contribution in [-0.2, 0) is 31.4 Å². The van der Waals surface area contributed by atoms with Crippen LogP contribution in [0.2, 0.25) is 0 Å². The molecule has 1 aliphatic rings. The van der Waals surface area contributed by atoms with E-state index in [2.05, 4.69) is 19.8 Å². The Morgan fingerprint density at radius 2 is 1.84 bits per heavy atom. The molecule has 0 fully saturated rings. The fraction of sp³-hybridized carbons (Fsp3) is 0.300. The predicted molar refractivity (Wildman–Crippen MR) is 116 cm³/mol. The Hall–Kier alpha value is -2.76. The van der Waals surface area contributed by atoms with E-state index in [-0.39, 0.29) is 28.1 Å². The minimum atomic E-state index is -3.70. The summed E-state index contributed by atoms with van der Waals surface area (Å²) in [5, 5.41) is 2.76. The van der Waals surface area contributed by atoms with Crippen molar-refractivity contribution in [3.63, 3.8) is 0 Å². The van der Waals surface area contributed by atoms with Gasteiger partial charge in [-0.1, -0.05) is 38.1 Å². The molecule has 1 heterocycles. The first kappa shape index (κ1) is 22.9. The molecule has 0 radical (unpaired) electrons. The Bertz CT molecular complexity index is 1240. The molecule has 31 heavy (non-hydrogen) atoms. The fourth-order valence-electron chi connectivity index (χ4n) is 3.11. The first-order valence-corrected chi connectivity index (χ1v) is 12.5. The van der Waals surface area contributed by atoms with Crippen LogP contribution in [-0.4, -0.2) is 41.7 Å². The predicted octanol–water partition coefficient (Wildman–Crippen LogP) is 0.974. The van der Waals surface area contributed by atoms with Gasteiger partial charge in [0.15, 0.2) is 0 Å². The van der Waals surface area contributed by atoms with Crippen LogP contribution in [0.3, 0.4) is 0 Å². The van der Waals surface area contributed by atoms with Crippen LogP contribution in [0.1, 0.15) is 25.0 Å². The summed E-state index contributed by atoms with van der Waals surface area (Å²) in [6.07, 6.45) is 0. The highest BCUT2D eigenvalue weighted by molar-refractivity contribution is 7.90. The second-order valence-corrected chi connectivity index (χ2v) is 10.9. The molecule has 0 saturated carbocycles. The zero-order valence-electron chi connectivity index (χ0n) is 17.3. The molecule has 0 unspecified atom stereocenters. The lowest BCUT2D eigenvalue weighted by atomic mass is 10.0.